The Balaban J connectivity index is 1.38. The molecule has 0 N–H and O–H groups in total. The second-order valence-electron chi connectivity index (χ2n) is 9.32. The molecule has 2 aliphatic rings. The third kappa shape index (κ3) is 4.26. The van der Waals surface area contributed by atoms with Gasteiger partial charge in [0.15, 0.2) is 11.5 Å². The highest BCUT2D eigenvalue weighted by atomic mass is 32.1. The number of benzene rings is 1. The first-order valence-electron chi connectivity index (χ1n) is 12.1. The molecule has 8 nitrogen and oxygen atoms in total. The van der Waals surface area contributed by atoms with E-state index in [0.717, 1.165) is 48.3 Å². The molecule has 1 amide bonds. The molecule has 1 aliphatic heterocycles. The summed E-state index contributed by atoms with van der Waals surface area (Å²) in [5.74, 6) is 3.93. The van der Waals surface area contributed by atoms with Gasteiger partial charge in [0.1, 0.15) is 16.5 Å². The number of carbonyl (C=O) groups excluding carboxylic acids is 1. The number of aromatic nitrogens is 2. The summed E-state index contributed by atoms with van der Waals surface area (Å²) in [5.41, 5.74) is 1.96. The minimum absolute atomic E-state index is 0.0465. The molecule has 1 unspecified atom stereocenters. The fourth-order valence-electron chi connectivity index (χ4n) is 5.16. The van der Waals surface area contributed by atoms with Crippen LogP contribution >= 0.6 is 11.3 Å². The molecular formula is C26H32N4O4S. The largest absolute Gasteiger partial charge is 0.493 e. The number of ether oxygens (including phenoxy) is 3. The SMILES string of the molecule is COc1cc(C(=O)N2CCN(c3nc(C)nc4sc5c(c34)CCC(C)C5)CC2)cc(OC)c1OC. The van der Waals surface area contributed by atoms with E-state index in [2.05, 4.69) is 11.8 Å². The molecular weight excluding hydrogens is 464 g/mol. The quantitative estimate of drug-likeness (QED) is 0.526. The molecule has 3 heterocycles. The number of rotatable bonds is 5. The van der Waals surface area contributed by atoms with Crippen LogP contribution in [0.15, 0.2) is 12.1 Å². The number of fused-ring (bicyclic) bond motifs is 3. The summed E-state index contributed by atoms with van der Waals surface area (Å²) in [4.78, 5) is 29.8. The molecule has 186 valence electrons. The smallest absolute Gasteiger partial charge is 0.254 e. The average molecular weight is 497 g/mol. The van der Waals surface area contributed by atoms with E-state index in [1.165, 1.54) is 22.2 Å². The van der Waals surface area contributed by atoms with Crippen LogP contribution in [-0.2, 0) is 12.8 Å². The van der Waals surface area contributed by atoms with Crippen molar-refractivity contribution in [1.29, 1.82) is 0 Å². The van der Waals surface area contributed by atoms with Crippen LogP contribution in [-0.4, -0.2) is 68.3 Å². The van der Waals surface area contributed by atoms with Gasteiger partial charge >= 0.3 is 0 Å². The third-order valence-electron chi connectivity index (χ3n) is 7.03. The Morgan fingerprint density at radius 2 is 1.71 bits per heavy atom. The first-order chi connectivity index (χ1) is 16.9. The van der Waals surface area contributed by atoms with Gasteiger partial charge in [0.05, 0.1) is 26.7 Å². The number of hydrogen-bond donors (Lipinski definition) is 0. The van der Waals surface area contributed by atoms with E-state index in [9.17, 15) is 4.79 Å². The number of thiophene rings is 1. The molecule has 1 saturated heterocycles. The van der Waals surface area contributed by atoms with Crippen molar-refractivity contribution >= 4 is 33.3 Å². The zero-order valence-corrected chi connectivity index (χ0v) is 21.8. The normalized spacial score (nSPS) is 17.9. The maximum absolute atomic E-state index is 13.4. The summed E-state index contributed by atoms with van der Waals surface area (Å²) < 4.78 is 16.3. The lowest BCUT2D eigenvalue weighted by atomic mass is 9.89. The summed E-state index contributed by atoms with van der Waals surface area (Å²) in [7, 11) is 4.66. The van der Waals surface area contributed by atoms with Crippen LogP contribution in [0.4, 0.5) is 5.82 Å². The predicted octanol–water partition coefficient (Wildman–Crippen LogP) is 4.11. The Morgan fingerprint density at radius 1 is 1.03 bits per heavy atom. The number of nitrogens with zero attached hydrogens (tertiary/aromatic N) is 4. The molecule has 1 aromatic carbocycles. The molecule has 5 rings (SSSR count). The molecule has 0 saturated carbocycles. The van der Waals surface area contributed by atoms with E-state index < -0.39 is 0 Å². The van der Waals surface area contributed by atoms with E-state index in [-0.39, 0.29) is 5.91 Å². The van der Waals surface area contributed by atoms with Crippen LogP contribution in [0.5, 0.6) is 17.2 Å². The second-order valence-corrected chi connectivity index (χ2v) is 10.4. The van der Waals surface area contributed by atoms with E-state index in [4.69, 9.17) is 24.2 Å². The van der Waals surface area contributed by atoms with E-state index in [0.29, 0.717) is 35.9 Å². The van der Waals surface area contributed by atoms with Gasteiger partial charge < -0.3 is 24.0 Å². The number of anilines is 1. The molecule has 9 heteroatoms. The lowest BCUT2D eigenvalue weighted by Crippen LogP contribution is -2.49. The topological polar surface area (TPSA) is 77.0 Å². The highest BCUT2D eigenvalue weighted by molar-refractivity contribution is 7.19. The van der Waals surface area contributed by atoms with Crippen molar-refractivity contribution in [3.8, 4) is 17.2 Å². The molecule has 1 aliphatic carbocycles. The lowest BCUT2D eigenvalue weighted by molar-refractivity contribution is 0.0745. The number of carbonyl (C=O) groups is 1. The Bertz CT molecular complexity index is 1240. The number of piperazine rings is 1. The van der Waals surface area contributed by atoms with Crippen molar-refractivity contribution < 1.29 is 19.0 Å². The van der Waals surface area contributed by atoms with Crippen molar-refractivity contribution in [2.75, 3.05) is 52.4 Å². The van der Waals surface area contributed by atoms with Gasteiger partial charge in [-0.25, -0.2) is 9.97 Å². The molecule has 0 bridgehead atoms. The Hall–Kier alpha value is -3.07. The summed E-state index contributed by atoms with van der Waals surface area (Å²) in [5, 5.41) is 1.23. The standard InChI is InChI=1S/C26H32N4O4S/c1-15-6-7-18-21(12-15)35-25-22(18)24(27-16(2)28-25)29-8-10-30(11-9-29)26(31)17-13-19(32-3)23(34-5)20(14-17)33-4/h13-15H,6-12H2,1-5H3. The third-order valence-corrected chi connectivity index (χ3v) is 8.17. The fourth-order valence-corrected chi connectivity index (χ4v) is 6.59. The number of aryl methyl sites for hydroxylation is 2. The van der Waals surface area contributed by atoms with E-state index in [1.807, 2.05) is 23.2 Å². The molecule has 1 atom stereocenters. The first-order valence-corrected chi connectivity index (χ1v) is 12.9. The maximum atomic E-state index is 13.4. The van der Waals surface area contributed by atoms with Crippen LogP contribution < -0.4 is 19.1 Å². The van der Waals surface area contributed by atoms with E-state index >= 15 is 0 Å². The zero-order valence-electron chi connectivity index (χ0n) is 21.0. The summed E-state index contributed by atoms with van der Waals surface area (Å²) in [6.07, 6.45) is 3.44. The van der Waals surface area contributed by atoms with Crippen LogP contribution in [0.2, 0.25) is 0 Å². The maximum Gasteiger partial charge on any atom is 0.254 e. The summed E-state index contributed by atoms with van der Waals surface area (Å²) in [6, 6.07) is 3.43. The van der Waals surface area contributed by atoms with Crippen LogP contribution in [0.3, 0.4) is 0 Å². The van der Waals surface area contributed by atoms with Crippen molar-refractivity contribution in [3.05, 3.63) is 34.0 Å². The van der Waals surface area contributed by atoms with Crippen molar-refractivity contribution in [2.24, 2.45) is 5.92 Å². The molecule has 35 heavy (non-hydrogen) atoms. The monoisotopic (exact) mass is 496 g/mol. The van der Waals surface area contributed by atoms with Gasteiger partial charge in [-0.05, 0) is 49.8 Å². The van der Waals surface area contributed by atoms with Crippen LogP contribution in [0.1, 0.15) is 40.0 Å². The van der Waals surface area contributed by atoms with Gasteiger partial charge in [-0.1, -0.05) is 6.92 Å². The summed E-state index contributed by atoms with van der Waals surface area (Å²) >= 11 is 1.83. The van der Waals surface area contributed by atoms with Gasteiger partial charge in [0, 0.05) is 36.6 Å². The van der Waals surface area contributed by atoms with Crippen LogP contribution in [0.25, 0.3) is 10.2 Å². The average Bonchev–Trinajstić information content (AvgIpc) is 3.23. The number of amides is 1. The zero-order chi connectivity index (χ0) is 24.7. The van der Waals surface area contributed by atoms with Crippen molar-refractivity contribution in [3.63, 3.8) is 0 Å². The predicted molar refractivity (Wildman–Crippen MR) is 138 cm³/mol. The minimum Gasteiger partial charge on any atom is -0.493 e. The molecule has 3 aromatic rings. The highest BCUT2D eigenvalue weighted by Gasteiger charge is 2.29. The molecule has 0 spiro atoms. The number of methoxy groups -OCH3 is 3. The molecule has 0 radical (unpaired) electrons. The fraction of sp³-hybridized carbons (Fsp3) is 0.500. The van der Waals surface area contributed by atoms with Gasteiger partial charge in [0.25, 0.3) is 5.91 Å². The highest BCUT2D eigenvalue weighted by Crippen LogP contribution is 2.41. The van der Waals surface area contributed by atoms with Crippen molar-refractivity contribution in [1.82, 2.24) is 14.9 Å². The Labute approximate surface area is 209 Å². The summed E-state index contributed by atoms with van der Waals surface area (Å²) in [6.45, 7) is 6.97. The van der Waals surface area contributed by atoms with Gasteiger partial charge in [0.2, 0.25) is 5.75 Å². The van der Waals surface area contributed by atoms with Gasteiger partial charge in [-0.2, -0.15) is 0 Å². The second kappa shape index (κ2) is 9.53. The van der Waals surface area contributed by atoms with Crippen LogP contribution in [0, 0.1) is 12.8 Å². The van der Waals surface area contributed by atoms with Gasteiger partial charge in [-0.3, -0.25) is 4.79 Å². The lowest BCUT2D eigenvalue weighted by Gasteiger charge is -2.36. The number of hydrogen-bond acceptors (Lipinski definition) is 8. The first kappa shape index (κ1) is 23.7. The Kier molecular flexibility index (Phi) is 6.44. The van der Waals surface area contributed by atoms with Crippen molar-refractivity contribution in [2.45, 2.75) is 33.1 Å². The van der Waals surface area contributed by atoms with E-state index in [1.54, 1.807) is 33.5 Å². The van der Waals surface area contributed by atoms with Gasteiger partial charge in [-0.15, -0.1) is 11.3 Å². The molecule has 1 fully saturated rings. The molecule has 2 aromatic heterocycles. The Morgan fingerprint density at radius 3 is 2.34 bits per heavy atom. The minimum atomic E-state index is -0.0465.